The van der Waals surface area contributed by atoms with Crippen LogP contribution in [0.1, 0.15) is 19.8 Å². The largest absolute Gasteiger partial charge is 0.330 e. The summed E-state index contributed by atoms with van der Waals surface area (Å²) in [6.07, 6.45) is 4.51. The molecule has 0 saturated carbocycles. The first kappa shape index (κ1) is 6.90. The molecule has 0 spiro atoms. The van der Waals surface area contributed by atoms with Crippen molar-refractivity contribution in [1.82, 2.24) is 0 Å². The quantitative estimate of drug-likeness (QED) is 0.562. The molecule has 2 aliphatic rings. The SMILES string of the molecule is CC1=C=CC2=C(CC1)C2CN. The second kappa shape index (κ2) is 2.37. The fourth-order valence-corrected chi connectivity index (χ4v) is 1.72. The summed E-state index contributed by atoms with van der Waals surface area (Å²) in [5, 5.41) is 0. The third kappa shape index (κ3) is 1.07. The fourth-order valence-electron chi connectivity index (χ4n) is 1.72. The molecule has 2 aliphatic carbocycles. The molecule has 2 N–H and O–H groups in total. The van der Waals surface area contributed by atoms with Gasteiger partial charge in [0.2, 0.25) is 0 Å². The van der Waals surface area contributed by atoms with Crippen molar-refractivity contribution in [2.24, 2.45) is 11.7 Å². The maximum absolute atomic E-state index is 5.58. The van der Waals surface area contributed by atoms with Gasteiger partial charge in [0, 0.05) is 12.5 Å². The van der Waals surface area contributed by atoms with Gasteiger partial charge in [-0.15, -0.1) is 5.73 Å². The molecule has 11 heavy (non-hydrogen) atoms. The van der Waals surface area contributed by atoms with Crippen LogP contribution in [0.2, 0.25) is 0 Å². The van der Waals surface area contributed by atoms with Gasteiger partial charge >= 0.3 is 0 Å². The van der Waals surface area contributed by atoms with Crippen molar-refractivity contribution in [2.45, 2.75) is 19.8 Å². The van der Waals surface area contributed by atoms with E-state index in [9.17, 15) is 0 Å². The average Bonchev–Trinajstić information content (AvgIpc) is 2.69. The third-order valence-electron chi connectivity index (χ3n) is 2.56. The highest BCUT2D eigenvalue weighted by molar-refractivity contribution is 5.50. The lowest BCUT2D eigenvalue weighted by Gasteiger charge is -1.97. The van der Waals surface area contributed by atoms with Crippen molar-refractivity contribution in [1.29, 1.82) is 0 Å². The zero-order chi connectivity index (χ0) is 7.84. The summed E-state index contributed by atoms with van der Waals surface area (Å²) in [5.41, 5.74) is 13.3. The normalized spacial score (nSPS) is 27.8. The van der Waals surface area contributed by atoms with Crippen molar-refractivity contribution in [3.8, 4) is 0 Å². The van der Waals surface area contributed by atoms with Crippen LogP contribution in [0.5, 0.6) is 0 Å². The lowest BCUT2D eigenvalue weighted by atomic mass is 10.1. The van der Waals surface area contributed by atoms with Gasteiger partial charge in [0.25, 0.3) is 0 Å². The average molecular weight is 147 g/mol. The van der Waals surface area contributed by atoms with Crippen LogP contribution in [0.3, 0.4) is 0 Å². The molecule has 0 amide bonds. The van der Waals surface area contributed by atoms with Gasteiger partial charge in [-0.1, -0.05) is 5.57 Å². The minimum Gasteiger partial charge on any atom is -0.330 e. The molecular weight excluding hydrogens is 134 g/mol. The summed E-state index contributed by atoms with van der Waals surface area (Å²) < 4.78 is 0. The predicted octanol–water partition coefficient (Wildman–Crippen LogP) is 1.77. The molecule has 1 heteroatoms. The molecule has 0 fully saturated rings. The Hall–Kier alpha value is -0.780. The monoisotopic (exact) mass is 147 g/mol. The minimum atomic E-state index is 0.621. The molecular formula is C10H13N. The van der Waals surface area contributed by atoms with Crippen molar-refractivity contribution in [2.75, 3.05) is 6.54 Å². The molecule has 0 aromatic heterocycles. The zero-order valence-electron chi connectivity index (χ0n) is 6.85. The molecule has 1 nitrogen and oxygen atoms in total. The second-order valence-electron chi connectivity index (χ2n) is 3.34. The number of hydrogen-bond donors (Lipinski definition) is 1. The van der Waals surface area contributed by atoms with Crippen LogP contribution in [-0.2, 0) is 0 Å². The van der Waals surface area contributed by atoms with Gasteiger partial charge in [-0.05, 0) is 37.0 Å². The fraction of sp³-hybridized carbons (Fsp3) is 0.500. The summed E-state index contributed by atoms with van der Waals surface area (Å²) >= 11 is 0. The Morgan fingerprint density at radius 2 is 2.45 bits per heavy atom. The van der Waals surface area contributed by atoms with E-state index in [1.54, 1.807) is 5.57 Å². The lowest BCUT2D eigenvalue weighted by molar-refractivity contribution is 0.813. The first-order valence-corrected chi connectivity index (χ1v) is 4.18. The maximum atomic E-state index is 5.58. The minimum absolute atomic E-state index is 0.621. The van der Waals surface area contributed by atoms with Crippen LogP contribution in [-0.4, -0.2) is 6.54 Å². The number of allylic oxidation sites excluding steroid dienone is 1. The smallest absolute Gasteiger partial charge is 0.0183 e. The Kier molecular flexibility index (Phi) is 1.49. The molecule has 58 valence electrons. The van der Waals surface area contributed by atoms with Gasteiger partial charge in [0.15, 0.2) is 0 Å². The van der Waals surface area contributed by atoms with Gasteiger partial charge < -0.3 is 5.73 Å². The van der Waals surface area contributed by atoms with Crippen LogP contribution in [0.4, 0.5) is 0 Å². The Bertz CT molecular complexity index is 277. The highest BCUT2D eigenvalue weighted by Gasteiger charge is 2.32. The van der Waals surface area contributed by atoms with Gasteiger partial charge in [-0.3, -0.25) is 0 Å². The van der Waals surface area contributed by atoms with E-state index in [2.05, 4.69) is 18.7 Å². The van der Waals surface area contributed by atoms with E-state index in [-0.39, 0.29) is 0 Å². The summed E-state index contributed by atoms with van der Waals surface area (Å²) in [6, 6.07) is 0. The predicted molar refractivity (Wildman–Crippen MR) is 46.1 cm³/mol. The molecule has 0 aliphatic heterocycles. The third-order valence-corrected chi connectivity index (χ3v) is 2.56. The second-order valence-corrected chi connectivity index (χ2v) is 3.34. The molecule has 0 aromatic rings. The van der Waals surface area contributed by atoms with Crippen molar-refractivity contribution in [3.05, 3.63) is 28.5 Å². The van der Waals surface area contributed by atoms with E-state index in [0.29, 0.717) is 5.92 Å². The molecule has 1 atom stereocenters. The Morgan fingerprint density at radius 3 is 3.18 bits per heavy atom. The molecule has 0 heterocycles. The van der Waals surface area contributed by atoms with E-state index in [1.807, 2.05) is 0 Å². The van der Waals surface area contributed by atoms with E-state index in [1.165, 1.54) is 24.0 Å². The van der Waals surface area contributed by atoms with Crippen molar-refractivity contribution in [3.63, 3.8) is 0 Å². The number of hydrogen-bond acceptors (Lipinski definition) is 1. The number of nitrogens with two attached hydrogens (primary N) is 1. The maximum Gasteiger partial charge on any atom is 0.0183 e. The molecule has 0 radical (unpaired) electrons. The van der Waals surface area contributed by atoms with Gasteiger partial charge in [-0.2, -0.15) is 0 Å². The van der Waals surface area contributed by atoms with E-state index in [4.69, 9.17) is 5.73 Å². The summed E-state index contributed by atoms with van der Waals surface area (Å²) in [7, 11) is 0. The lowest BCUT2D eigenvalue weighted by Crippen LogP contribution is -2.04. The van der Waals surface area contributed by atoms with Crippen LogP contribution in [0.25, 0.3) is 0 Å². The first-order valence-electron chi connectivity index (χ1n) is 4.18. The highest BCUT2D eigenvalue weighted by atomic mass is 14.6. The zero-order valence-corrected chi connectivity index (χ0v) is 6.85. The van der Waals surface area contributed by atoms with Gasteiger partial charge in [0.05, 0.1) is 0 Å². The standard InChI is InChI=1S/C10H13N/c1-7-2-4-8-9(5-3-7)10(8)6-11/h5,10H,2,4,6,11H2,1H3. The molecule has 2 rings (SSSR count). The van der Waals surface area contributed by atoms with Crippen LogP contribution < -0.4 is 5.73 Å². The molecule has 0 bridgehead atoms. The first-order chi connectivity index (χ1) is 5.33. The summed E-state index contributed by atoms with van der Waals surface area (Å²) in [6.45, 7) is 2.93. The summed E-state index contributed by atoms with van der Waals surface area (Å²) in [5.74, 6) is 0.621. The Morgan fingerprint density at radius 1 is 1.64 bits per heavy atom. The van der Waals surface area contributed by atoms with E-state index >= 15 is 0 Å². The van der Waals surface area contributed by atoms with Crippen LogP contribution in [0.15, 0.2) is 28.5 Å². The molecule has 0 saturated heterocycles. The van der Waals surface area contributed by atoms with Gasteiger partial charge in [-0.25, -0.2) is 0 Å². The highest BCUT2D eigenvalue weighted by Crippen LogP contribution is 2.44. The molecule has 0 aromatic carbocycles. The van der Waals surface area contributed by atoms with Crippen LogP contribution in [0, 0.1) is 5.92 Å². The number of rotatable bonds is 1. The Balaban J connectivity index is 2.20. The van der Waals surface area contributed by atoms with Crippen LogP contribution >= 0.6 is 0 Å². The summed E-state index contributed by atoms with van der Waals surface area (Å²) in [4.78, 5) is 0. The topological polar surface area (TPSA) is 26.0 Å². The van der Waals surface area contributed by atoms with Crippen molar-refractivity contribution < 1.29 is 0 Å². The Labute approximate surface area is 67.3 Å². The molecule has 1 unspecified atom stereocenters. The van der Waals surface area contributed by atoms with E-state index < -0.39 is 0 Å². The van der Waals surface area contributed by atoms with Gasteiger partial charge in [0.1, 0.15) is 0 Å². The van der Waals surface area contributed by atoms with Crippen molar-refractivity contribution >= 4 is 0 Å². The van der Waals surface area contributed by atoms with E-state index in [0.717, 1.165) is 6.54 Å².